The number of amides is 1. The molecule has 0 atom stereocenters. The predicted molar refractivity (Wildman–Crippen MR) is 125 cm³/mol. The summed E-state index contributed by atoms with van der Waals surface area (Å²) in [4.78, 5) is 17.3. The lowest BCUT2D eigenvalue weighted by Gasteiger charge is -2.20. The van der Waals surface area contributed by atoms with Gasteiger partial charge in [0.2, 0.25) is 10.0 Å². The van der Waals surface area contributed by atoms with Crippen LogP contribution in [0.5, 0.6) is 0 Å². The van der Waals surface area contributed by atoms with Gasteiger partial charge in [-0.3, -0.25) is 4.79 Å². The Morgan fingerprint density at radius 1 is 1.09 bits per heavy atom. The minimum atomic E-state index is -3.64. The van der Waals surface area contributed by atoms with Crippen molar-refractivity contribution in [3.8, 4) is 0 Å². The van der Waals surface area contributed by atoms with Crippen molar-refractivity contribution < 1.29 is 13.2 Å². The highest BCUT2D eigenvalue weighted by molar-refractivity contribution is 7.89. The molecule has 0 aliphatic rings. The van der Waals surface area contributed by atoms with E-state index in [0.717, 1.165) is 5.82 Å². The van der Waals surface area contributed by atoms with Crippen LogP contribution in [0.4, 0.5) is 0 Å². The number of carbonyl (C=O) groups is 1. The second-order valence-electron chi connectivity index (χ2n) is 7.53. The molecule has 0 fully saturated rings. The predicted octanol–water partition coefficient (Wildman–Crippen LogP) is 3.24. The van der Waals surface area contributed by atoms with Crippen LogP contribution < -0.4 is 5.32 Å². The lowest BCUT2D eigenvalue weighted by Crippen LogP contribution is -2.31. The smallest absolute Gasteiger partial charge is 0.251 e. The standard InChI is InChI=1S/C24H30N4O3S/c1-4-28(5-2)32(30,31)22-17-21(12-11-19(22)3)24(29)26-14-13-23-25-15-16-27(23)18-20-9-7-6-8-10-20/h6-12,15-17H,4-5,13-14,18H2,1-3H3,(H,26,29). The molecule has 0 saturated heterocycles. The molecule has 1 heterocycles. The van der Waals surface area contributed by atoms with Gasteiger partial charge in [0, 0.05) is 50.6 Å². The summed E-state index contributed by atoms with van der Waals surface area (Å²) in [5.41, 5.74) is 2.13. The number of imidazole rings is 1. The number of hydrogen-bond acceptors (Lipinski definition) is 4. The molecule has 7 nitrogen and oxygen atoms in total. The van der Waals surface area contributed by atoms with Gasteiger partial charge in [-0.1, -0.05) is 50.2 Å². The van der Waals surface area contributed by atoms with Crippen molar-refractivity contribution in [1.29, 1.82) is 0 Å². The third-order valence-corrected chi connectivity index (χ3v) is 7.60. The molecule has 32 heavy (non-hydrogen) atoms. The SMILES string of the molecule is CCN(CC)S(=O)(=O)c1cc(C(=O)NCCc2nccn2Cc2ccccc2)ccc1C. The quantitative estimate of drug-likeness (QED) is 0.510. The molecule has 8 heteroatoms. The highest BCUT2D eigenvalue weighted by Crippen LogP contribution is 2.21. The first kappa shape index (κ1) is 23.7. The Bertz CT molecular complexity index is 1150. The number of benzene rings is 2. The lowest BCUT2D eigenvalue weighted by molar-refractivity contribution is 0.0953. The van der Waals surface area contributed by atoms with Crippen LogP contribution in [0, 0.1) is 6.92 Å². The van der Waals surface area contributed by atoms with Crippen LogP contribution in [-0.4, -0.2) is 47.8 Å². The van der Waals surface area contributed by atoms with E-state index in [4.69, 9.17) is 0 Å². The number of hydrogen-bond donors (Lipinski definition) is 1. The molecule has 1 N–H and O–H groups in total. The van der Waals surface area contributed by atoms with Crippen LogP contribution in [0.15, 0.2) is 65.8 Å². The van der Waals surface area contributed by atoms with Gasteiger partial charge in [-0.05, 0) is 30.2 Å². The van der Waals surface area contributed by atoms with Crippen LogP contribution in [-0.2, 0) is 23.0 Å². The fourth-order valence-corrected chi connectivity index (χ4v) is 5.31. The molecule has 0 bridgehead atoms. The van der Waals surface area contributed by atoms with Crippen molar-refractivity contribution >= 4 is 15.9 Å². The van der Waals surface area contributed by atoms with E-state index in [0.29, 0.717) is 43.7 Å². The number of aryl methyl sites for hydroxylation is 1. The number of sulfonamides is 1. The fraction of sp³-hybridized carbons (Fsp3) is 0.333. The van der Waals surface area contributed by atoms with Crippen LogP contribution in [0.1, 0.15) is 41.2 Å². The number of carbonyl (C=O) groups excluding carboxylic acids is 1. The number of rotatable bonds is 10. The second-order valence-corrected chi connectivity index (χ2v) is 9.44. The summed E-state index contributed by atoms with van der Waals surface area (Å²) in [5.74, 6) is 0.574. The van der Waals surface area contributed by atoms with Gasteiger partial charge in [0.15, 0.2) is 0 Å². The molecule has 0 aliphatic heterocycles. The Morgan fingerprint density at radius 3 is 2.50 bits per heavy atom. The zero-order valence-electron chi connectivity index (χ0n) is 18.8. The summed E-state index contributed by atoms with van der Waals surface area (Å²) < 4.78 is 29.3. The monoisotopic (exact) mass is 454 g/mol. The van der Waals surface area contributed by atoms with Gasteiger partial charge in [-0.25, -0.2) is 13.4 Å². The van der Waals surface area contributed by atoms with Crippen molar-refractivity contribution in [1.82, 2.24) is 19.2 Å². The van der Waals surface area contributed by atoms with Gasteiger partial charge in [-0.15, -0.1) is 0 Å². The molecule has 0 spiro atoms. The molecule has 0 aliphatic carbocycles. The maximum atomic E-state index is 12.9. The van der Waals surface area contributed by atoms with Crippen molar-refractivity contribution in [2.24, 2.45) is 0 Å². The second kappa shape index (κ2) is 10.6. The van der Waals surface area contributed by atoms with Gasteiger partial charge >= 0.3 is 0 Å². The minimum Gasteiger partial charge on any atom is -0.352 e. The van der Waals surface area contributed by atoms with Gasteiger partial charge in [0.05, 0.1) is 4.90 Å². The summed E-state index contributed by atoms with van der Waals surface area (Å²) in [6.07, 6.45) is 4.25. The fourth-order valence-electron chi connectivity index (χ4n) is 3.60. The molecule has 0 saturated carbocycles. The Balaban J connectivity index is 1.66. The van der Waals surface area contributed by atoms with Crippen LogP contribution in [0.2, 0.25) is 0 Å². The van der Waals surface area contributed by atoms with Crippen LogP contribution in [0.25, 0.3) is 0 Å². The largest absolute Gasteiger partial charge is 0.352 e. The van der Waals surface area contributed by atoms with Crippen LogP contribution >= 0.6 is 0 Å². The zero-order chi connectivity index (χ0) is 23.1. The molecule has 2 aromatic carbocycles. The van der Waals surface area contributed by atoms with E-state index in [1.54, 1.807) is 39.1 Å². The molecule has 3 rings (SSSR count). The lowest BCUT2D eigenvalue weighted by atomic mass is 10.1. The van der Waals surface area contributed by atoms with Crippen molar-refractivity contribution in [3.63, 3.8) is 0 Å². The van der Waals surface area contributed by atoms with Gasteiger partial charge < -0.3 is 9.88 Å². The van der Waals surface area contributed by atoms with E-state index in [1.807, 2.05) is 24.4 Å². The third-order valence-electron chi connectivity index (χ3n) is 5.41. The Morgan fingerprint density at radius 2 is 1.81 bits per heavy atom. The summed E-state index contributed by atoms with van der Waals surface area (Å²) in [5, 5.41) is 2.88. The molecule has 1 amide bonds. The minimum absolute atomic E-state index is 0.173. The average molecular weight is 455 g/mol. The molecule has 3 aromatic rings. The summed E-state index contributed by atoms with van der Waals surface area (Å²) in [6.45, 7) is 7.22. The first-order valence-electron chi connectivity index (χ1n) is 10.8. The normalized spacial score (nSPS) is 11.6. The highest BCUT2D eigenvalue weighted by atomic mass is 32.2. The average Bonchev–Trinajstić information content (AvgIpc) is 3.22. The Hall–Kier alpha value is -2.97. The summed E-state index contributed by atoms with van der Waals surface area (Å²) >= 11 is 0. The molecule has 0 radical (unpaired) electrons. The van der Waals surface area contributed by atoms with Gasteiger partial charge in [0.25, 0.3) is 5.91 Å². The van der Waals surface area contributed by atoms with E-state index in [1.165, 1.54) is 15.9 Å². The third kappa shape index (κ3) is 5.44. The molecule has 0 unspecified atom stereocenters. The Labute approximate surface area is 190 Å². The van der Waals surface area contributed by atoms with Crippen molar-refractivity contribution in [2.75, 3.05) is 19.6 Å². The van der Waals surface area contributed by atoms with Crippen molar-refractivity contribution in [2.45, 2.75) is 38.6 Å². The topological polar surface area (TPSA) is 84.3 Å². The Kier molecular flexibility index (Phi) is 7.82. The maximum Gasteiger partial charge on any atom is 0.251 e. The van der Waals surface area contributed by atoms with E-state index in [2.05, 4.69) is 27.0 Å². The van der Waals surface area contributed by atoms with Crippen molar-refractivity contribution in [3.05, 3.63) is 83.4 Å². The molecule has 1 aromatic heterocycles. The number of nitrogens with one attached hydrogen (secondary N) is 1. The molecular weight excluding hydrogens is 424 g/mol. The first-order chi connectivity index (χ1) is 15.4. The van der Waals surface area contributed by atoms with E-state index in [-0.39, 0.29) is 10.8 Å². The first-order valence-corrected chi connectivity index (χ1v) is 12.2. The molecular formula is C24H30N4O3S. The van der Waals surface area contributed by atoms with Gasteiger partial charge in [0.1, 0.15) is 5.82 Å². The van der Waals surface area contributed by atoms with Crippen LogP contribution in [0.3, 0.4) is 0 Å². The number of aromatic nitrogens is 2. The number of nitrogens with zero attached hydrogens (tertiary/aromatic N) is 3. The highest BCUT2D eigenvalue weighted by Gasteiger charge is 2.24. The maximum absolute atomic E-state index is 12.9. The summed E-state index contributed by atoms with van der Waals surface area (Å²) in [7, 11) is -3.64. The van der Waals surface area contributed by atoms with E-state index >= 15 is 0 Å². The van der Waals surface area contributed by atoms with E-state index in [9.17, 15) is 13.2 Å². The van der Waals surface area contributed by atoms with E-state index < -0.39 is 10.0 Å². The van der Waals surface area contributed by atoms with Gasteiger partial charge in [-0.2, -0.15) is 4.31 Å². The zero-order valence-corrected chi connectivity index (χ0v) is 19.6. The summed E-state index contributed by atoms with van der Waals surface area (Å²) in [6, 6.07) is 14.9. The molecule has 170 valence electrons.